The SMILES string of the molecule is CCC1(CC)CCN(CCS)CC1. The van der Waals surface area contributed by atoms with Crippen LogP contribution in [0.3, 0.4) is 0 Å². The molecule has 1 aliphatic rings. The highest BCUT2D eigenvalue weighted by Gasteiger charge is 2.30. The van der Waals surface area contributed by atoms with Gasteiger partial charge in [0.1, 0.15) is 0 Å². The summed E-state index contributed by atoms with van der Waals surface area (Å²) in [6.07, 6.45) is 5.51. The molecule has 0 aromatic carbocycles. The average molecular weight is 201 g/mol. The molecule has 0 N–H and O–H groups in total. The molecule has 0 bridgehead atoms. The van der Waals surface area contributed by atoms with E-state index in [2.05, 4.69) is 31.4 Å². The van der Waals surface area contributed by atoms with Crippen molar-refractivity contribution < 1.29 is 0 Å². The highest BCUT2D eigenvalue weighted by Crippen LogP contribution is 2.37. The predicted molar refractivity (Wildman–Crippen MR) is 62.5 cm³/mol. The van der Waals surface area contributed by atoms with Gasteiger partial charge in [-0.05, 0) is 31.3 Å². The van der Waals surface area contributed by atoms with Crippen molar-refractivity contribution in [3.8, 4) is 0 Å². The van der Waals surface area contributed by atoms with Crippen LogP contribution in [-0.4, -0.2) is 30.3 Å². The largest absolute Gasteiger partial charge is 0.302 e. The molecule has 78 valence electrons. The molecule has 0 aromatic heterocycles. The molecule has 1 rings (SSSR count). The molecule has 1 saturated heterocycles. The third-order valence-corrected chi connectivity index (χ3v) is 4.03. The monoisotopic (exact) mass is 201 g/mol. The van der Waals surface area contributed by atoms with Crippen molar-refractivity contribution in [2.75, 3.05) is 25.4 Å². The molecule has 0 atom stereocenters. The van der Waals surface area contributed by atoms with E-state index >= 15 is 0 Å². The van der Waals surface area contributed by atoms with Gasteiger partial charge in [0.25, 0.3) is 0 Å². The summed E-state index contributed by atoms with van der Waals surface area (Å²) < 4.78 is 0. The maximum atomic E-state index is 4.28. The average Bonchev–Trinajstić information content (AvgIpc) is 2.20. The molecule has 13 heavy (non-hydrogen) atoms. The van der Waals surface area contributed by atoms with Crippen LogP contribution in [0.2, 0.25) is 0 Å². The van der Waals surface area contributed by atoms with Crippen molar-refractivity contribution in [3.63, 3.8) is 0 Å². The molecule has 1 fully saturated rings. The number of thiol groups is 1. The second-order valence-corrected chi connectivity index (χ2v) is 4.72. The summed E-state index contributed by atoms with van der Waals surface area (Å²) in [6.45, 7) is 8.45. The molecular formula is C11H23NS. The third kappa shape index (κ3) is 2.88. The van der Waals surface area contributed by atoms with Crippen molar-refractivity contribution in [2.45, 2.75) is 39.5 Å². The molecule has 0 radical (unpaired) electrons. The summed E-state index contributed by atoms with van der Waals surface area (Å²) in [5.41, 5.74) is 0.674. The molecule has 0 saturated carbocycles. The Morgan fingerprint density at radius 1 is 1.15 bits per heavy atom. The second-order valence-electron chi connectivity index (χ2n) is 4.27. The van der Waals surface area contributed by atoms with Crippen molar-refractivity contribution in [1.82, 2.24) is 4.90 Å². The lowest BCUT2D eigenvalue weighted by Gasteiger charge is -2.40. The first-order valence-corrected chi connectivity index (χ1v) is 6.23. The summed E-state index contributed by atoms with van der Waals surface area (Å²) in [7, 11) is 0. The van der Waals surface area contributed by atoms with Crippen molar-refractivity contribution in [2.24, 2.45) is 5.41 Å². The Labute approximate surface area is 88.3 Å². The Bertz CT molecular complexity index is 133. The molecule has 1 nitrogen and oxygen atoms in total. The van der Waals surface area contributed by atoms with Crippen LogP contribution in [-0.2, 0) is 0 Å². The number of likely N-dealkylation sites (tertiary alicyclic amines) is 1. The summed E-state index contributed by atoms with van der Waals surface area (Å²) in [5, 5.41) is 0. The molecule has 0 spiro atoms. The van der Waals surface area contributed by atoms with Gasteiger partial charge >= 0.3 is 0 Å². The van der Waals surface area contributed by atoms with E-state index in [-0.39, 0.29) is 0 Å². The quantitative estimate of drug-likeness (QED) is 0.685. The Kier molecular flexibility index (Phi) is 4.60. The molecule has 0 amide bonds. The lowest BCUT2D eigenvalue weighted by Crippen LogP contribution is -2.40. The minimum atomic E-state index is 0.674. The molecule has 0 aliphatic carbocycles. The van der Waals surface area contributed by atoms with Crippen molar-refractivity contribution in [3.05, 3.63) is 0 Å². The lowest BCUT2D eigenvalue weighted by atomic mass is 9.74. The van der Waals surface area contributed by atoms with Crippen LogP contribution in [0.1, 0.15) is 39.5 Å². The normalized spacial score (nSPS) is 23.3. The highest BCUT2D eigenvalue weighted by molar-refractivity contribution is 7.80. The maximum absolute atomic E-state index is 4.28. The van der Waals surface area contributed by atoms with Crippen LogP contribution in [0.4, 0.5) is 0 Å². The van der Waals surface area contributed by atoms with Crippen molar-refractivity contribution >= 4 is 12.6 Å². The van der Waals surface area contributed by atoms with E-state index in [1.807, 2.05) is 0 Å². The number of piperidine rings is 1. The van der Waals surface area contributed by atoms with Gasteiger partial charge in [-0.25, -0.2) is 0 Å². The van der Waals surface area contributed by atoms with Gasteiger partial charge in [-0.1, -0.05) is 26.7 Å². The van der Waals surface area contributed by atoms with Crippen LogP contribution in [0.15, 0.2) is 0 Å². The van der Waals surface area contributed by atoms with Gasteiger partial charge in [0.2, 0.25) is 0 Å². The van der Waals surface area contributed by atoms with E-state index in [9.17, 15) is 0 Å². The van der Waals surface area contributed by atoms with Crippen LogP contribution in [0.25, 0.3) is 0 Å². The van der Waals surface area contributed by atoms with E-state index in [1.165, 1.54) is 45.3 Å². The van der Waals surface area contributed by atoms with Gasteiger partial charge in [0, 0.05) is 12.3 Å². The summed E-state index contributed by atoms with van der Waals surface area (Å²) in [4.78, 5) is 2.55. The highest BCUT2D eigenvalue weighted by atomic mass is 32.1. The van der Waals surface area contributed by atoms with E-state index in [1.54, 1.807) is 0 Å². The van der Waals surface area contributed by atoms with Gasteiger partial charge in [-0.2, -0.15) is 12.6 Å². The molecule has 1 aliphatic heterocycles. The first-order chi connectivity index (χ1) is 6.26. The van der Waals surface area contributed by atoms with E-state index < -0.39 is 0 Å². The number of rotatable bonds is 4. The fraction of sp³-hybridized carbons (Fsp3) is 1.00. The van der Waals surface area contributed by atoms with Crippen LogP contribution >= 0.6 is 12.6 Å². The third-order valence-electron chi connectivity index (χ3n) is 3.83. The van der Waals surface area contributed by atoms with Crippen molar-refractivity contribution in [1.29, 1.82) is 0 Å². The molecule has 2 heteroatoms. The fourth-order valence-corrected chi connectivity index (χ4v) is 2.63. The Hall–Kier alpha value is 0.310. The van der Waals surface area contributed by atoms with Crippen LogP contribution in [0.5, 0.6) is 0 Å². The molecule has 1 heterocycles. The Morgan fingerprint density at radius 2 is 1.69 bits per heavy atom. The number of nitrogens with zero attached hydrogens (tertiary/aromatic N) is 1. The zero-order valence-electron chi connectivity index (χ0n) is 9.05. The minimum Gasteiger partial charge on any atom is -0.302 e. The number of hydrogen-bond acceptors (Lipinski definition) is 2. The smallest absolute Gasteiger partial charge is 0.00698 e. The summed E-state index contributed by atoms with van der Waals surface area (Å²) in [5.74, 6) is 1.01. The molecule has 0 unspecified atom stereocenters. The first kappa shape index (κ1) is 11.4. The second kappa shape index (κ2) is 5.26. The minimum absolute atomic E-state index is 0.674. The maximum Gasteiger partial charge on any atom is 0.00698 e. The van der Waals surface area contributed by atoms with Gasteiger partial charge in [0.15, 0.2) is 0 Å². The van der Waals surface area contributed by atoms with E-state index in [0.717, 1.165) is 5.75 Å². The van der Waals surface area contributed by atoms with Gasteiger partial charge < -0.3 is 4.90 Å². The van der Waals surface area contributed by atoms with Gasteiger partial charge in [0.05, 0.1) is 0 Å². The topological polar surface area (TPSA) is 3.24 Å². The lowest BCUT2D eigenvalue weighted by molar-refractivity contribution is 0.100. The molecular weight excluding hydrogens is 178 g/mol. The van der Waals surface area contributed by atoms with Gasteiger partial charge in [-0.3, -0.25) is 0 Å². The van der Waals surface area contributed by atoms with Crippen LogP contribution in [0, 0.1) is 5.41 Å². The predicted octanol–water partition coefficient (Wildman–Crippen LogP) is 2.82. The Balaban J connectivity index is 2.36. The van der Waals surface area contributed by atoms with E-state index in [4.69, 9.17) is 0 Å². The fourth-order valence-electron chi connectivity index (χ4n) is 2.35. The standard InChI is InChI=1S/C11H23NS/c1-3-11(4-2)5-7-12(8-6-11)9-10-13/h13H,3-10H2,1-2H3. The summed E-state index contributed by atoms with van der Waals surface area (Å²) >= 11 is 4.28. The van der Waals surface area contributed by atoms with E-state index in [0.29, 0.717) is 5.41 Å². The summed E-state index contributed by atoms with van der Waals surface area (Å²) in [6, 6.07) is 0. The first-order valence-electron chi connectivity index (χ1n) is 5.59. The Morgan fingerprint density at radius 3 is 2.08 bits per heavy atom. The zero-order valence-corrected chi connectivity index (χ0v) is 9.95. The van der Waals surface area contributed by atoms with Crippen LogP contribution < -0.4 is 0 Å². The number of hydrogen-bond donors (Lipinski definition) is 1. The van der Waals surface area contributed by atoms with Gasteiger partial charge in [-0.15, -0.1) is 0 Å². The zero-order chi connectivity index (χ0) is 9.73. The molecule has 0 aromatic rings.